The Labute approximate surface area is 76.2 Å². The smallest absolute Gasteiger partial charge is 0.0102 e. The molecule has 0 saturated carbocycles. The van der Waals surface area contributed by atoms with Crippen LogP contribution in [0.3, 0.4) is 0 Å². The molecule has 1 fully saturated rings. The standard InChI is InChI=1S/C8H17NO2S/c10-12(11)7-1-2-8-3-5-9-6-4-8/h8-9H,1-7H2,(H,10,11)/p-1. The molecule has 0 amide bonds. The highest BCUT2D eigenvalue weighted by atomic mass is 32.2. The van der Waals surface area contributed by atoms with Gasteiger partial charge in [0, 0.05) is 5.75 Å². The first-order valence-electron chi connectivity index (χ1n) is 4.55. The van der Waals surface area contributed by atoms with Crippen LogP contribution < -0.4 is 5.32 Å². The summed E-state index contributed by atoms with van der Waals surface area (Å²) in [5, 5.41) is 3.29. The van der Waals surface area contributed by atoms with E-state index in [2.05, 4.69) is 5.32 Å². The van der Waals surface area contributed by atoms with Crippen molar-refractivity contribution < 1.29 is 8.76 Å². The van der Waals surface area contributed by atoms with E-state index in [4.69, 9.17) is 0 Å². The fourth-order valence-electron chi connectivity index (χ4n) is 1.66. The Hall–Kier alpha value is 0.0700. The van der Waals surface area contributed by atoms with Gasteiger partial charge in [-0.2, -0.15) is 0 Å². The fraction of sp³-hybridized carbons (Fsp3) is 1.00. The van der Waals surface area contributed by atoms with Crippen molar-refractivity contribution in [3.05, 3.63) is 0 Å². The Morgan fingerprint density at radius 3 is 2.67 bits per heavy atom. The Morgan fingerprint density at radius 1 is 1.42 bits per heavy atom. The van der Waals surface area contributed by atoms with Crippen LogP contribution in [0.25, 0.3) is 0 Å². The molecule has 1 aliphatic heterocycles. The van der Waals surface area contributed by atoms with E-state index in [0.29, 0.717) is 5.75 Å². The summed E-state index contributed by atoms with van der Waals surface area (Å²) >= 11 is -1.84. The molecule has 1 N–H and O–H groups in total. The number of hydrogen-bond donors (Lipinski definition) is 1. The monoisotopic (exact) mass is 190 g/mol. The molecule has 0 spiro atoms. The maximum atomic E-state index is 10.2. The van der Waals surface area contributed by atoms with Crippen molar-refractivity contribution >= 4 is 11.1 Å². The van der Waals surface area contributed by atoms with Crippen molar-refractivity contribution in [3.63, 3.8) is 0 Å². The molecule has 0 radical (unpaired) electrons. The fourth-order valence-corrected chi connectivity index (χ4v) is 2.06. The molecule has 0 aromatic carbocycles. The van der Waals surface area contributed by atoms with Crippen molar-refractivity contribution in [1.29, 1.82) is 0 Å². The number of hydrogen-bond acceptors (Lipinski definition) is 3. The normalized spacial score (nSPS) is 22.4. The average molecular weight is 190 g/mol. The summed E-state index contributed by atoms with van der Waals surface area (Å²) in [6.07, 6.45) is 4.34. The van der Waals surface area contributed by atoms with Crippen molar-refractivity contribution in [2.24, 2.45) is 5.92 Å². The SMILES string of the molecule is O=S([O-])CCCC1CCNCC1. The van der Waals surface area contributed by atoms with Gasteiger partial charge in [-0.15, -0.1) is 0 Å². The molecular weight excluding hydrogens is 174 g/mol. The molecule has 1 atom stereocenters. The molecule has 3 nitrogen and oxygen atoms in total. The molecule has 0 aromatic heterocycles. The highest BCUT2D eigenvalue weighted by molar-refractivity contribution is 7.79. The first-order chi connectivity index (χ1) is 5.79. The third-order valence-electron chi connectivity index (χ3n) is 2.38. The van der Waals surface area contributed by atoms with Gasteiger partial charge in [0.2, 0.25) is 0 Å². The van der Waals surface area contributed by atoms with Gasteiger partial charge in [-0.05, 0) is 44.7 Å². The van der Waals surface area contributed by atoms with Gasteiger partial charge in [0.1, 0.15) is 0 Å². The van der Waals surface area contributed by atoms with Gasteiger partial charge in [-0.25, -0.2) is 0 Å². The van der Waals surface area contributed by atoms with E-state index < -0.39 is 11.1 Å². The number of piperidine rings is 1. The number of nitrogens with one attached hydrogen (secondary N) is 1. The summed E-state index contributed by atoms with van der Waals surface area (Å²) in [5.74, 6) is 1.10. The van der Waals surface area contributed by atoms with Crippen molar-refractivity contribution in [2.45, 2.75) is 25.7 Å². The average Bonchev–Trinajstić information content (AvgIpc) is 2.05. The van der Waals surface area contributed by atoms with Crippen LogP contribution in [0.4, 0.5) is 0 Å². The maximum Gasteiger partial charge on any atom is 0.0102 e. The van der Waals surface area contributed by atoms with E-state index in [9.17, 15) is 8.76 Å². The summed E-state index contributed by atoms with van der Waals surface area (Å²) < 4.78 is 20.5. The topological polar surface area (TPSA) is 52.2 Å². The van der Waals surface area contributed by atoms with E-state index in [-0.39, 0.29) is 0 Å². The van der Waals surface area contributed by atoms with Crippen molar-refractivity contribution in [3.8, 4) is 0 Å². The van der Waals surface area contributed by atoms with E-state index in [1.54, 1.807) is 0 Å². The van der Waals surface area contributed by atoms with Gasteiger partial charge in [-0.1, -0.05) is 11.1 Å². The summed E-state index contributed by atoms with van der Waals surface area (Å²) in [6, 6.07) is 0. The van der Waals surface area contributed by atoms with Crippen LogP contribution in [0.1, 0.15) is 25.7 Å². The van der Waals surface area contributed by atoms with Gasteiger partial charge in [-0.3, -0.25) is 4.21 Å². The largest absolute Gasteiger partial charge is 0.772 e. The maximum absolute atomic E-state index is 10.2. The minimum Gasteiger partial charge on any atom is -0.772 e. The summed E-state index contributed by atoms with van der Waals surface area (Å²) in [4.78, 5) is 0. The van der Waals surface area contributed by atoms with E-state index in [0.717, 1.165) is 31.8 Å². The lowest BCUT2D eigenvalue weighted by Crippen LogP contribution is -2.27. The van der Waals surface area contributed by atoms with Crippen LogP contribution in [0.5, 0.6) is 0 Å². The van der Waals surface area contributed by atoms with Crippen LogP contribution in [0, 0.1) is 5.92 Å². The predicted octanol–water partition coefficient (Wildman–Crippen LogP) is 0.645. The minimum atomic E-state index is -1.84. The minimum absolute atomic E-state index is 0.337. The molecule has 72 valence electrons. The molecule has 0 aromatic rings. The van der Waals surface area contributed by atoms with Crippen molar-refractivity contribution in [2.75, 3.05) is 18.8 Å². The van der Waals surface area contributed by atoms with Crippen molar-refractivity contribution in [1.82, 2.24) is 5.32 Å². The zero-order valence-corrected chi connectivity index (χ0v) is 8.07. The zero-order chi connectivity index (χ0) is 8.81. The van der Waals surface area contributed by atoms with Gasteiger partial charge < -0.3 is 9.87 Å². The lowest BCUT2D eigenvalue weighted by molar-refractivity contribution is 0.351. The van der Waals surface area contributed by atoms with Gasteiger partial charge in [0.05, 0.1) is 0 Å². The Bertz CT molecular complexity index is 146. The summed E-state index contributed by atoms with van der Waals surface area (Å²) in [5.41, 5.74) is 0. The molecule has 1 aliphatic rings. The molecule has 0 aliphatic carbocycles. The van der Waals surface area contributed by atoms with Crippen LogP contribution in [-0.4, -0.2) is 27.6 Å². The zero-order valence-electron chi connectivity index (χ0n) is 7.25. The molecule has 12 heavy (non-hydrogen) atoms. The Morgan fingerprint density at radius 2 is 2.08 bits per heavy atom. The van der Waals surface area contributed by atoms with E-state index in [1.807, 2.05) is 0 Å². The second kappa shape index (κ2) is 5.67. The predicted molar refractivity (Wildman–Crippen MR) is 48.6 cm³/mol. The van der Waals surface area contributed by atoms with Crippen LogP contribution in [0.2, 0.25) is 0 Å². The van der Waals surface area contributed by atoms with Gasteiger partial charge >= 0.3 is 0 Å². The van der Waals surface area contributed by atoms with Crippen LogP contribution in [-0.2, 0) is 11.1 Å². The number of rotatable bonds is 4. The van der Waals surface area contributed by atoms with E-state index in [1.165, 1.54) is 12.8 Å². The Balaban J connectivity index is 2.01. The highest BCUT2D eigenvalue weighted by Gasteiger charge is 2.11. The molecule has 1 heterocycles. The molecule has 4 heteroatoms. The molecule has 1 rings (SSSR count). The Kier molecular flexibility index (Phi) is 4.80. The molecular formula is C8H16NO2S-. The van der Waals surface area contributed by atoms with Crippen LogP contribution in [0.15, 0.2) is 0 Å². The lowest BCUT2D eigenvalue weighted by Gasteiger charge is -2.22. The first-order valence-corrected chi connectivity index (χ1v) is 5.80. The second-order valence-electron chi connectivity index (χ2n) is 3.34. The lowest BCUT2D eigenvalue weighted by atomic mass is 9.94. The first kappa shape index (κ1) is 10.2. The highest BCUT2D eigenvalue weighted by Crippen LogP contribution is 2.17. The molecule has 1 saturated heterocycles. The molecule has 1 unspecified atom stereocenters. The summed E-state index contributed by atoms with van der Waals surface area (Å²) in [7, 11) is 0. The second-order valence-corrected chi connectivity index (χ2v) is 4.36. The third kappa shape index (κ3) is 4.18. The van der Waals surface area contributed by atoms with E-state index >= 15 is 0 Å². The van der Waals surface area contributed by atoms with Gasteiger partial charge in [0.25, 0.3) is 0 Å². The third-order valence-corrected chi connectivity index (χ3v) is 3.00. The quantitative estimate of drug-likeness (QED) is 0.662. The molecule has 0 bridgehead atoms. The van der Waals surface area contributed by atoms with Gasteiger partial charge in [0.15, 0.2) is 0 Å². The van der Waals surface area contributed by atoms with Crippen LogP contribution >= 0.6 is 0 Å². The summed E-state index contributed by atoms with van der Waals surface area (Å²) in [6.45, 7) is 2.20.